The van der Waals surface area contributed by atoms with Crippen molar-refractivity contribution in [2.45, 2.75) is 10.9 Å². The van der Waals surface area contributed by atoms with Gasteiger partial charge in [0.1, 0.15) is 0 Å². The fourth-order valence-corrected chi connectivity index (χ4v) is 4.92. The van der Waals surface area contributed by atoms with E-state index in [0.717, 1.165) is 5.56 Å². The number of para-hydroxylation sites is 1. The van der Waals surface area contributed by atoms with Crippen molar-refractivity contribution in [2.75, 3.05) is 46.2 Å². The molecule has 0 fully saturated rings. The monoisotopic (exact) mass is 497 g/mol. The minimum Gasteiger partial charge on any atom is -0.493 e. The molecule has 3 aromatic carbocycles. The number of hydrogen-bond acceptors (Lipinski definition) is 6. The second-order valence-corrected chi connectivity index (χ2v) is 10.1. The number of nitrogens with zero attached hydrogens (tertiary/aromatic N) is 2. The third-order valence-electron chi connectivity index (χ3n) is 5.75. The van der Waals surface area contributed by atoms with Gasteiger partial charge in [0.05, 0.1) is 30.8 Å². The van der Waals surface area contributed by atoms with E-state index in [1.807, 2.05) is 43.3 Å². The van der Waals surface area contributed by atoms with Gasteiger partial charge in [0.2, 0.25) is 0 Å². The molecule has 0 aliphatic heterocycles. The Hall–Kier alpha value is -3.56. The Morgan fingerprint density at radius 2 is 1.57 bits per heavy atom. The quantitative estimate of drug-likeness (QED) is 0.461. The lowest BCUT2D eigenvalue weighted by atomic mass is 10.0. The van der Waals surface area contributed by atoms with E-state index in [0.29, 0.717) is 23.7 Å². The van der Waals surface area contributed by atoms with Crippen LogP contribution in [0.25, 0.3) is 0 Å². The van der Waals surface area contributed by atoms with Crippen molar-refractivity contribution in [3.8, 4) is 11.5 Å². The van der Waals surface area contributed by atoms with E-state index in [-0.39, 0.29) is 22.4 Å². The van der Waals surface area contributed by atoms with Gasteiger partial charge in [0.25, 0.3) is 15.9 Å². The van der Waals surface area contributed by atoms with Gasteiger partial charge in [0.15, 0.2) is 11.5 Å². The molecule has 0 aromatic heterocycles. The zero-order valence-electron chi connectivity index (χ0n) is 20.6. The van der Waals surface area contributed by atoms with E-state index in [4.69, 9.17) is 9.47 Å². The number of likely N-dealkylation sites (N-methyl/N-ethyl adjacent to an activating group) is 1. The summed E-state index contributed by atoms with van der Waals surface area (Å²) in [5.41, 5.74) is 1.73. The number of anilines is 1. The maximum absolute atomic E-state index is 13.1. The Morgan fingerprint density at radius 3 is 2.20 bits per heavy atom. The normalized spacial score (nSPS) is 12.2. The molecule has 3 aromatic rings. The van der Waals surface area contributed by atoms with Crippen molar-refractivity contribution >= 4 is 21.6 Å². The van der Waals surface area contributed by atoms with Crippen molar-refractivity contribution in [1.29, 1.82) is 0 Å². The second-order valence-electron chi connectivity index (χ2n) is 8.14. The van der Waals surface area contributed by atoms with Crippen LogP contribution in [0.4, 0.5) is 5.69 Å². The molecule has 0 heterocycles. The van der Waals surface area contributed by atoms with Crippen LogP contribution in [-0.4, -0.2) is 61.1 Å². The maximum atomic E-state index is 13.1. The van der Waals surface area contributed by atoms with Crippen molar-refractivity contribution in [3.05, 3.63) is 83.9 Å². The van der Waals surface area contributed by atoms with Crippen LogP contribution in [-0.2, 0) is 10.0 Å². The van der Waals surface area contributed by atoms with E-state index < -0.39 is 10.0 Å². The Bertz CT molecular complexity index is 1260. The molecule has 8 nitrogen and oxygen atoms in total. The number of amides is 1. The predicted octanol–water partition coefficient (Wildman–Crippen LogP) is 3.56. The average molecular weight is 498 g/mol. The molecule has 0 aliphatic carbocycles. The van der Waals surface area contributed by atoms with Gasteiger partial charge >= 0.3 is 0 Å². The average Bonchev–Trinajstić information content (AvgIpc) is 2.88. The van der Waals surface area contributed by atoms with E-state index in [1.165, 1.54) is 23.5 Å². The zero-order chi connectivity index (χ0) is 25.6. The highest BCUT2D eigenvalue weighted by molar-refractivity contribution is 7.92. The van der Waals surface area contributed by atoms with Gasteiger partial charge in [0, 0.05) is 19.2 Å². The summed E-state index contributed by atoms with van der Waals surface area (Å²) in [6, 6.07) is 20.3. The largest absolute Gasteiger partial charge is 0.493 e. The van der Waals surface area contributed by atoms with Crippen LogP contribution in [0.3, 0.4) is 0 Å². The van der Waals surface area contributed by atoms with Gasteiger partial charge in [-0.3, -0.25) is 9.10 Å². The molecular weight excluding hydrogens is 466 g/mol. The predicted molar refractivity (Wildman–Crippen MR) is 137 cm³/mol. The number of benzene rings is 3. The number of carbonyl (C=O) groups excluding carboxylic acids is 1. The number of carbonyl (C=O) groups is 1. The molecule has 1 unspecified atom stereocenters. The SMILES string of the molecule is COc1ccc(C(CNC(=O)c2cccc(S(=O)(=O)N(C)c3ccccc3)c2)N(C)C)cc1OC. The van der Waals surface area contributed by atoms with E-state index in [1.54, 1.807) is 50.6 Å². The minimum absolute atomic E-state index is 0.0422. The molecule has 0 spiro atoms. The smallest absolute Gasteiger partial charge is 0.264 e. The molecule has 186 valence electrons. The number of methoxy groups -OCH3 is 2. The molecular formula is C26H31N3O5S. The molecule has 35 heavy (non-hydrogen) atoms. The first kappa shape index (κ1) is 26.1. The van der Waals surface area contributed by atoms with Gasteiger partial charge in [-0.25, -0.2) is 8.42 Å². The van der Waals surface area contributed by atoms with Gasteiger partial charge in [-0.2, -0.15) is 0 Å². The summed E-state index contributed by atoms with van der Waals surface area (Å²) in [5.74, 6) is 0.858. The highest BCUT2D eigenvalue weighted by Crippen LogP contribution is 2.31. The molecule has 1 atom stereocenters. The summed E-state index contributed by atoms with van der Waals surface area (Å²) in [6.07, 6.45) is 0. The summed E-state index contributed by atoms with van der Waals surface area (Å²) in [5, 5.41) is 2.92. The fourth-order valence-electron chi connectivity index (χ4n) is 3.68. The van der Waals surface area contributed by atoms with Crippen LogP contribution in [0.2, 0.25) is 0 Å². The molecule has 0 bridgehead atoms. The lowest BCUT2D eigenvalue weighted by Gasteiger charge is -2.26. The highest BCUT2D eigenvalue weighted by Gasteiger charge is 2.23. The molecule has 3 rings (SSSR count). The number of ether oxygens (including phenoxy) is 2. The van der Waals surface area contributed by atoms with Crippen LogP contribution in [0.5, 0.6) is 11.5 Å². The van der Waals surface area contributed by atoms with E-state index >= 15 is 0 Å². The van der Waals surface area contributed by atoms with Crippen molar-refractivity contribution < 1.29 is 22.7 Å². The van der Waals surface area contributed by atoms with Crippen LogP contribution < -0.4 is 19.1 Å². The fraction of sp³-hybridized carbons (Fsp3) is 0.269. The lowest BCUT2D eigenvalue weighted by Crippen LogP contribution is -2.34. The Labute approximate surface area is 207 Å². The van der Waals surface area contributed by atoms with E-state index in [9.17, 15) is 13.2 Å². The molecule has 0 saturated heterocycles. The summed E-state index contributed by atoms with van der Waals surface area (Å²) < 4.78 is 38.2. The number of sulfonamides is 1. The van der Waals surface area contributed by atoms with Crippen molar-refractivity contribution in [3.63, 3.8) is 0 Å². The van der Waals surface area contributed by atoms with Crippen LogP contribution in [0, 0.1) is 0 Å². The summed E-state index contributed by atoms with van der Waals surface area (Å²) >= 11 is 0. The lowest BCUT2D eigenvalue weighted by molar-refractivity contribution is 0.0941. The Kier molecular flexibility index (Phi) is 8.37. The molecule has 1 amide bonds. The first-order valence-electron chi connectivity index (χ1n) is 11.0. The topological polar surface area (TPSA) is 88.2 Å². The van der Waals surface area contributed by atoms with Crippen LogP contribution >= 0.6 is 0 Å². The van der Waals surface area contributed by atoms with Gasteiger partial charge in [-0.15, -0.1) is 0 Å². The maximum Gasteiger partial charge on any atom is 0.264 e. The molecule has 9 heteroatoms. The first-order valence-corrected chi connectivity index (χ1v) is 12.4. The molecule has 0 saturated carbocycles. The standard InChI is InChI=1S/C26H31N3O5S/c1-28(2)23(19-14-15-24(33-4)25(17-19)34-5)18-27-26(30)20-10-9-13-22(16-20)35(31,32)29(3)21-11-7-6-8-12-21/h6-17,23H,18H2,1-5H3,(H,27,30). The second kappa shape index (κ2) is 11.2. The van der Waals surface area contributed by atoms with Gasteiger partial charge in [-0.1, -0.05) is 30.3 Å². The van der Waals surface area contributed by atoms with E-state index in [2.05, 4.69) is 5.32 Å². The Balaban J connectivity index is 1.78. The third kappa shape index (κ3) is 5.93. The summed E-state index contributed by atoms with van der Waals surface area (Å²) in [4.78, 5) is 15.0. The van der Waals surface area contributed by atoms with Gasteiger partial charge in [-0.05, 0) is 62.1 Å². The molecule has 1 N–H and O–H groups in total. The van der Waals surface area contributed by atoms with Crippen molar-refractivity contribution in [1.82, 2.24) is 10.2 Å². The third-order valence-corrected chi connectivity index (χ3v) is 7.53. The first-order chi connectivity index (χ1) is 16.7. The highest BCUT2D eigenvalue weighted by atomic mass is 32.2. The van der Waals surface area contributed by atoms with Crippen LogP contribution in [0.15, 0.2) is 77.7 Å². The summed E-state index contributed by atoms with van der Waals surface area (Å²) in [7, 11) is 4.64. The van der Waals surface area contributed by atoms with Crippen molar-refractivity contribution in [2.24, 2.45) is 0 Å². The number of nitrogens with one attached hydrogen (secondary N) is 1. The number of rotatable bonds is 10. The Morgan fingerprint density at radius 1 is 0.886 bits per heavy atom. The minimum atomic E-state index is -3.83. The molecule has 0 aliphatic rings. The zero-order valence-corrected chi connectivity index (χ0v) is 21.4. The van der Waals surface area contributed by atoms with Gasteiger partial charge < -0.3 is 19.7 Å². The molecule has 0 radical (unpaired) electrons. The van der Waals surface area contributed by atoms with Crippen LogP contribution in [0.1, 0.15) is 22.0 Å². The number of hydrogen-bond donors (Lipinski definition) is 1. The summed E-state index contributed by atoms with van der Waals surface area (Å²) in [6.45, 7) is 0.308.